The lowest BCUT2D eigenvalue weighted by Gasteiger charge is -2.32. The molecule has 2 aliphatic rings. The molecule has 2 aliphatic heterocycles. The van der Waals surface area contributed by atoms with E-state index in [-0.39, 0.29) is 0 Å². The Morgan fingerprint density at radius 3 is 2.58 bits per heavy atom. The zero-order valence-corrected chi connectivity index (χ0v) is 15.7. The van der Waals surface area contributed by atoms with E-state index < -0.39 is 0 Å². The molecular formula is C20H32N4O2. The zero-order valence-electron chi connectivity index (χ0n) is 15.7. The van der Waals surface area contributed by atoms with Gasteiger partial charge >= 0.3 is 0 Å². The van der Waals surface area contributed by atoms with Crippen molar-refractivity contribution in [3.63, 3.8) is 0 Å². The van der Waals surface area contributed by atoms with E-state index >= 15 is 0 Å². The van der Waals surface area contributed by atoms with Gasteiger partial charge in [-0.2, -0.15) is 0 Å². The van der Waals surface area contributed by atoms with Crippen LogP contribution >= 0.6 is 0 Å². The number of guanidine groups is 1. The molecule has 0 amide bonds. The molecule has 2 N–H and O–H groups in total. The number of aliphatic imine (C=N–C) groups is 1. The molecule has 26 heavy (non-hydrogen) atoms. The molecule has 2 saturated heterocycles. The van der Waals surface area contributed by atoms with Crippen LogP contribution in [0.5, 0.6) is 0 Å². The van der Waals surface area contributed by atoms with Crippen LogP contribution in [0.4, 0.5) is 0 Å². The first-order valence-corrected chi connectivity index (χ1v) is 9.82. The van der Waals surface area contributed by atoms with E-state index in [2.05, 4.69) is 45.1 Å². The summed E-state index contributed by atoms with van der Waals surface area (Å²) in [6.07, 6.45) is 3.55. The van der Waals surface area contributed by atoms with Crippen molar-refractivity contribution in [3.8, 4) is 0 Å². The van der Waals surface area contributed by atoms with Gasteiger partial charge in [-0.05, 0) is 24.8 Å². The van der Waals surface area contributed by atoms with Gasteiger partial charge in [0, 0.05) is 45.9 Å². The second kappa shape index (κ2) is 10.5. The van der Waals surface area contributed by atoms with Crippen LogP contribution in [-0.2, 0) is 16.0 Å². The standard InChI is InChI=1S/C20H32N4O2/c21-20(24-12-15-25-16-13-24)22-9-4-14-26-19-7-10-23(11-8-19)17-18-5-2-1-3-6-18/h1-3,5-6,19H,4,7-17H2,(H2,21,22). The molecule has 0 spiro atoms. The van der Waals surface area contributed by atoms with Crippen molar-refractivity contribution in [2.45, 2.75) is 31.9 Å². The van der Waals surface area contributed by atoms with Gasteiger partial charge in [0.05, 0.1) is 19.3 Å². The Kier molecular flexibility index (Phi) is 7.73. The minimum atomic E-state index is 0.391. The number of hydrogen-bond acceptors (Lipinski definition) is 4. The number of nitrogens with zero attached hydrogens (tertiary/aromatic N) is 3. The van der Waals surface area contributed by atoms with Gasteiger partial charge in [0.2, 0.25) is 0 Å². The van der Waals surface area contributed by atoms with Crippen LogP contribution in [0, 0.1) is 0 Å². The zero-order chi connectivity index (χ0) is 18.0. The topological polar surface area (TPSA) is 63.3 Å². The summed E-state index contributed by atoms with van der Waals surface area (Å²) in [6, 6.07) is 10.7. The molecule has 3 rings (SSSR count). The van der Waals surface area contributed by atoms with E-state index in [9.17, 15) is 0 Å². The molecule has 0 bridgehead atoms. The minimum Gasteiger partial charge on any atom is -0.378 e. The van der Waals surface area contributed by atoms with Crippen molar-refractivity contribution in [3.05, 3.63) is 35.9 Å². The van der Waals surface area contributed by atoms with Crippen LogP contribution in [0.3, 0.4) is 0 Å². The number of piperidine rings is 1. The molecule has 6 heteroatoms. The number of hydrogen-bond donors (Lipinski definition) is 1. The molecule has 1 aromatic rings. The highest BCUT2D eigenvalue weighted by atomic mass is 16.5. The van der Waals surface area contributed by atoms with E-state index in [1.807, 2.05) is 0 Å². The first-order valence-electron chi connectivity index (χ1n) is 9.82. The monoisotopic (exact) mass is 360 g/mol. The summed E-state index contributed by atoms with van der Waals surface area (Å²) >= 11 is 0. The van der Waals surface area contributed by atoms with Gasteiger partial charge in [0.15, 0.2) is 5.96 Å². The van der Waals surface area contributed by atoms with Crippen LogP contribution in [0.15, 0.2) is 35.3 Å². The fraction of sp³-hybridized carbons (Fsp3) is 0.650. The van der Waals surface area contributed by atoms with Crippen molar-refractivity contribution in [1.29, 1.82) is 0 Å². The lowest BCUT2D eigenvalue weighted by atomic mass is 10.1. The summed E-state index contributed by atoms with van der Waals surface area (Å²) in [7, 11) is 0. The second-order valence-corrected chi connectivity index (χ2v) is 7.02. The van der Waals surface area contributed by atoms with E-state index in [0.29, 0.717) is 12.1 Å². The molecule has 2 heterocycles. The summed E-state index contributed by atoms with van der Waals surface area (Å²) in [5.41, 5.74) is 7.42. The van der Waals surface area contributed by atoms with Crippen molar-refractivity contribution >= 4 is 5.96 Å². The Labute approximate surface area is 157 Å². The average molecular weight is 361 g/mol. The van der Waals surface area contributed by atoms with Gasteiger partial charge in [-0.15, -0.1) is 0 Å². The normalized spacial score (nSPS) is 20.5. The highest BCUT2D eigenvalue weighted by Crippen LogP contribution is 2.16. The first kappa shape index (κ1) is 19.1. The second-order valence-electron chi connectivity index (χ2n) is 7.02. The first-order chi connectivity index (χ1) is 12.8. The third-order valence-corrected chi connectivity index (χ3v) is 5.05. The number of ether oxygens (including phenoxy) is 2. The number of likely N-dealkylation sites (tertiary alicyclic amines) is 1. The summed E-state index contributed by atoms with van der Waals surface area (Å²) in [4.78, 5) is 9.07. The molecule has 0 aromatic heterocycles. The summed E-state index contributed by atoms with van der Waals surface area (Å²) in [5.74, 6) is 0.641. The summed E-state index contributed by atoms with van der Waals surface area (Å²) < 4.78 is 11.4. The van der Waals surface area contributed by atoms with E-state index in [1.54, 1.807) is 0 Å². The van der Waals surface area contributed by atoms with E-state index in [4.69, 9.17) is 15.2 Å². The van der Waals surface area contributed by atoms with Gasteiger partial charge in [-0.3, -0.25) is 9.89 Å². The lowest BCUT2D eigenvalue weighted by molar-refractivity contribution is 0.00562. The maximum Gasteiger partial charge on any atom is 0.191 e. The summed E-state index contributed by atoms with van der Waals surface area (Å²) in [5, 5.41) is 0. The highest BCUT2D eigenvalue weighted by molar-refractivity contribution is 5.78. The van der Waals surface area contributed by atoms with Crippen LogP contribution < -0.4 is 5.73 Å². The highest BCUT2D eigenvalue weighted by Gasteiger charge is 2.19. The maximum absolute atomic E-state index is 6.04. The lowest BCUT2D eigenvalue weighted by Crippen LogP contribution is -2.44. The van der Waals surface area contributed by atoms with Crippen LogP contribution in [-0.4, -0.2) is 74.4 Å². The van der Waals surface area contributed by atoms with Crippen molar-refractivity contribution in [2.24, 2.45) is 10.7 Å². The molecule has 1 aromatic carbocycles. The Morgan fingerprint density at radius 2 is 1.85 bits per heavy atom. The molecule has 6 nitrogen and oxygen atoms in total. The third-order valence-electron chi connectivity index (χ3n) is 5.05. The largest absolute Gasteiger partial charge is 0.378 e. The van der Waals surface area contributed by atoms with E-state index in [0.717, 1.165) is 78.4 Å². The summed E-state index contributed by atoms with van der Waals surface area (Å²) in [6.45, 7) is 7.93. The molecule has 0 unspecified atom stereocenters. The Bertz CT molecular complexity index is 538. The fourth-order valence-electron chi connectivity index (χ4n) is 3.48. The number of morpholine rings is 1. The molecule has 0 radical (unpaired) electrons. The smallest absolute Gasteiger partial charge is 0.191 e. The maximum atomic E-state index is 6.04. The van der Waals surface area contributed by atoms with Gasteiger partial charge in [0.1, 0.15) is 0 Å². The Balaban J connectivity index is 1.26. The third kappa shape index (κ3) is 6.27. The van der Waals surface area contributed by atoms with E-state index in [1.165, 1.54) is 5.56 Å². The van der Waals surface area contributed by atoms with Crippen molar-refractivity contribution in [1.82, 2.24) is 9.80 Å². The number of nitrogens with two attached hydrogens (primary N) is 1. The average Bonchev–Trinajstić information content (AvgIpc) is 2.70. The minimum absolute atomic E-state index is 0.391. The molecule has 2 fully saturated rings. The van der Waals surface area contributed by atoms with Gasteiger partial charge in [-0.1, -0.05) is 30.3 Å². The SMILES string of the molecule is NC(=NCCCOC1CCN(Cc2ccccc2)CC1)N1CCOCC1. The molecule has 0 aliphatic carbocycles. The fourth-order valence-corrected chi connectivity index (χ4v) is 3.48. The number of benzene rings is 1. The van der Waals surface area contributed by atoms with Crippen molar-refractivity contribution in [2.75, 3.05) is 52.5 Å². The van der Waals surface area contributed by atoms with Crippen LogP contribution in [0.2, 0.25) is 0 Å². The molecule has 0 atom stereocenters. The van der Waals surface area contributed by atoms with Crippen LogP contribution in [0.1, 0.15) is 24.8 Å². The quantitative estimate of drug-likeness (QED) is 0.456. The Morgan fingerprint density at radius 1 is 1.12 bits per heavy atom. The van der Waals surface area contributed by atoms with Crippen molar-refractivity contribution < 1.29 is 9.47 Å². The number of rotatable bonds is 7. The Hall–Kier alpha value is -1.63. The van der Waals surface area contributed by atoms with Crippen LogP contribution in [0.25, 0.3) is 0 Å². The predicted octanol–water partition coefficient (Wildman–Crippen LogP) is 1.70. The van der Waals surface area contributed by atoms with Gasteiger partial charge in [0.25, 0.3) is 0 Å². The predicted molar refractivity (Wildman–Crippen MR) is 104 cm³/mol. The molecular weight excluding hydrogens is 328 g/mol. The molecule has 144 valence electrons. The molecule has 0 saturated carbocycles. The van der Waals surface area contributed by atoms with Gasteiger partial charge in [-0.25, -0.2) is 0 Å². The van der Waals surface area contributed by atoms with Gasteiger partial charge < -0.3 is 20.1 Å².